The number of rotatable bonds is 8. The molecule has 1 aromatic heterocycles. The molecule has 1 heterocycles. The van der Waals surface area contributed by atoms with Crippen molar-refractivity contribution in [1.82, 2.24) is 15.2 Å². The van der Waals surface area contributed by atoms with Crippen LogP contribution in [0.5, 0.6) is 0 Å². The van der Waals surface area contributed by atoms with Crippen LogP contribution in [0.4, 0.5) is 0 Å². The maximum absolute atomic E-state index is 4.36. The smallest absolute Gasteiger partial charge is 0.0925 e. The van der Waals surface area contributed by atoms with E-state index >= 15 is 0 Å². The van der Waals surface area contributed by atoms with E-state index in [-0.39, 0.29) is 0 Å². The van der Waals surface area contributed by atoms with E-state index in [1.54, 1.807) is 0 Å². The van der Waals surface area contributed by atoms with Crippen molar-refractivity contribution in [3.63, 3.8) is 0 Å². The van der Waals surface area contributed by atoms with Gasteiger partial charge in [0.25, 0.3) is 0 Å². The third kappa shape index (κ3) is 5.15. The molecule has 0 aliphatic rings. The molecule has 1 rings (SSSR count). The van der Waals surface area contributed by atoms with Gasteiger partial charge in [0.15, 0.2) is 0 Å². The maximum atomic E-state index is 4.36. The molecule has 0 saturated heterocycles. The highest BCUT2D eigenvalue weighted by atomic mass is 32.1. The van der Waals surface area contributed by atoms with Gasteiger partial charge in [-0.1, -0.05) is 13.8 Å². The number of likely N-dealkylation sites (N-methyl/N-ethyl adjacent to an activating group) is 1. The number of hydrogen-bond acceptors (Lipinski definition) is 4. The molecule has 98 valence electrons. The van der Waals surface area contributed by atoms with Gasteiger partial charge in [-0.15, -0.1) is 11.3 Å². The van der Waals surface area contributed by atoms with Crippen LogP contribution in [0.1, 0.15) is 37.1 Å². The van der Waals surface area contributed by atoms with E-state index in [4.69, 9.17) is 0 Å². The summed E-state index contributed by atoms with van der Waals surface area (Å²) in [5.41, 5.74) is 0. The summed E-state index contributed by atoms with van der Waals surface area (Å²) in [6.07, 6.45) is 4.25. The fraction of sp³-hybridized carbons (Fsp3) is 0.769. The Labute approximate surface area is 109 Å². The lowest BCUT2D eigenvalue weighted by atomic mass is 10.2. The maximum Gasteiger partial charge on any atom is 0.0925 e. The topological polar surface area (TPSA) is 28.2 Å². The number of thiazole rings is 1. The van der Waals surface area contributed by atoms with Crippen molar-refractivity contribution in [2.24, 2.45) is 0 Å². The number of nitrogens with one attached hydrogen (secondary N) is 1. The van der Waals surface area contributed by atoms with Gasteiger partial charge in [0.1, 0.15) is 0 Å². The summed E-state index contributed by atoms with van der Waals surface area (Å²) >= 11 is 1.82. The van der Waals surface area contributed by atoms with E-state index in [2.05, 4.69) is 43.0 Å². The van der Waals surface area contributed by atoms with Gasteiger partial charge >= 0.3 is 0 Å². The molecular formula is C13H25N3S. The Morgan fingerprint density at radius 2 is 2.24 bits per heavy atom. The molecule has 0 aromatic carbocycles. The van der Waals surface area contributed by atoms with Crippen molar-refractivity contribution in [3.8, 4) is 0 Å². The summed E-state index contributed by atoms with van der Waals surface area (Å²) < 4.78 is 0. The zero-order valence-electron chi connectivity index (χ0n) is 11.5. The highest BCUT2D eigenvalue weighted by molar-refractivity contribution is 7.11. The predicted octanol–water partition coefficient (Wildman–Crippen LogP) is 2.53. The molecule has 1 unspecified atom stereocenters. The van der Waals surface area contributed by atoms with Gasteiger partial charge < -0.3 is 10.2 Å². The summed E-state index contributed by atoms with van der Waals surface area (Å²) in [7, 11) is 2.19. The van der Waals surface area contributed by atoms with E-state index in [0.29, 0.717) is 6.04 Å². The quantitative estimate of drug-likeness (QED) is 0.724. The van der Waals surface area contributed by atoms with Gasteiger partial charge in [0, 0.05) is 36.8 Å². The molecule has 0 aliphatic carbocycles. The highest BCUT2D eigenvalue weighted by Gasteiger charge is 2.05. The van der Waals surface area contributed by atoms with Crippen molar-refractivity contribution in [2.45, 2.75) is 46.2 Å². The molecule has 1 N–H and O–H groups in total. The first kappa shape index (κ1) is 14.6. The van der Waals surface area contributed by atoms with Gasteiger partial charge in [-0.05, 0) is 26.8 Å². The van der Waals surface area contributed by atoms with Crippen LogP contribution in [0.15, 0.2) is 6.20 Å². The Morgan fingerprint density at radius 1 is 1.47 bits per heavy atom. The fourth-order valence-corrected chi connectivity index (χ4v) is 2.42. The lowest BCUT2D eigenvalue weighted by molar-refractivity contribution is 0.252. The third-order valence-corrected chi connectivity index (χ3v) is 4.33. The van der Waals surface area contributed by atoms with E-state index in [9.17, 15) is 0 Å². The number of aryl methyl sites for hydroxylation is 1. The first-order valence-corrected chi connectivity index (χ1v) is 7.33. The molecule has 1 atom stereocenters. The van der Waals surface area contributed by atoms with Crippen LogP contribution in [0.3, 0.4) is 0 Å². The van der Waals surface area contributed by atoms with Crippen LogP contribution in [-0.2, 0) is 13.0 Å². The van der Waals surface area contributed by atoms with Crippen molar-refractivity contribution >= 4 is 11.3 Å². The van der Waals surface area contributed by atoms with Crippen LogP contribution in [0.2, 0.25) is 0 Å². The largest absolute Gasteiger partial charge is 0.311 e. The van der Waals surface area contributed by atoms with Gasteiger partial charge in [0.2, 0.25) is 0 Å². The average Bonchev–Trinajstić information content (AvgIpc) is 2.81. The predicted molar refractivity (Wildman–Crippen MR) is 75.6 cm³/mol. The minimum absolute atomic E-state index is 0.673. The molecule has 0 radical (unpaired) electrons. The molecule has 0 bridgehead atoms. The van der Waals surface area contributed by atoms with Crippen LogP contribution in [0.25, 0.3) is 0 Å². The Bertz CT molecular complexity index is 311. The minimum atomic E-state index is 0.673. The van der Waals surface area contributed by atoms with Gasteiger partial charge in [-0.2, -0.15) is 0 Å². The lowest BCUT2D eigenvalue weighted by Crippen LogP contribution is -2.34. The van der Waals surface area contributed by atoms with Crippen LogP contribution < -0.4 is 5.32 Å². The molecule has 3 nitrogen and oxygen atoms in total. The normalized spacial score (nSPS) is 13.2. The van der Waals surface area contributed by atoms with Crippen LogP contribution in [-0.4, -0.2) is 36.1 Å². The van der Waals surface area contributed by atoms with E-state index in [1.807, 2.05) is 17.5 Å². The van der Waals surface area contributed by atoms with Gasteiger partial charge in [0.05, 0.1) is 5.01 Å². The summed E-state index contributed by atoms with van der Waals surface area (Å²) in [4.78, 5) is 8.10. The standard InChI is InChI=1S/C13H25N3S/c1-5-11(3)16(4)8-7-14-9-12-10-15-13(6-2)17-12/h10-11,14H,5-9H2,1-4H3. The minimum Gasteiger partial charge on any atom is -0.311 e. The van der Waals surface area contributed by atoms with E-state index in [1.165, 1.54) is 16.3 Å². The first-order valence-electron chi connectivity index (χ1n) is 6.51. The number of aromatic nitrogens is 1. The second kappa shape index (κ2) is 7.80. The zero-order chi connectivity index (χ0) is 12.7. The van der Waals surface area contributed by atoms with Crippen molar-refractivity contribution in [1.29, 1.82) is 0 Å². The van der Waals surface area contributed by atoms with Crippen LogP contribution >= 0.6 is 11.3 Å². The summed E-state index contributed by atoms with van der Waals surface area (Å²) in [6.45, 7) is 9.76. The molecule has 17 heavy (non-hydrogen) atoms. The lowest BCUT2D eigenvalue weighted by Gasteiger charge is -2.23. The molecule has 4 heteroatoms. The summed E-state index contributed by atoms with van der Waals surface area (Å²) in [5.74, 6) is 0. The molecule has 1 aromatic rings. The van der Waals surface area contributed by atoms with Crippen molar-refractivity contribution in [2.75, 3.05) is 20.1 Å². The van der Waals surface area contributed by atoms with Gasteiger partial charge in [-0.3, -0.25) is 0 Å². The van der Waals surface area contributed by atoms with Crippen molar-refractivity contribution < 1.29 is 0 Å². The second-order valence-electron chi connectivity index (χ2n) is 4.49. The Hall–Kier alpha value is -0.450. The third-order valence-electron chi connectivity index (χ3n) is 3.19. The Morgan fingerprint density at radius 3 is 2.82 bits per heavy atom. The first-order chi connectivity index (χ1) is 8.17. The fourth-order valence-electron chi connectivity index (χ4n) is 1.59. The molecule has 0 aliphatic heterocycles. The SMILES string of the molecule is CCc1ncc(CNCCN(C)C(C)CC)s1. The monoisotopic (exact) mass is 255 g/mol. The molecule has 0 saturated carbocycles. The Balaban J connectivity index is 2.15. The number of nitrogens with zero attached hydrogens (tertiary/aromatic N) is 2. The molecule has 0 spiro atoms. The van der Waals surface area contributed by atoms with Gasteiger partial charge in [-0.25, -0.2) is 4.98 Å². The van der Waals surface area contributed by atoms with Crippen LogP contribution in [0, 0.1) is 0 Å². The summed E-state index contributed by atoms with van der Waals surface area (Å²) in [5, 5.41) is 4.71. The average molecular weight is 255 g/mol. The molecule has 0 fully saturated rings. The highest BCUT2D eigenvalue weighted by Crippen LogP contribution is 2.12. The van der Waals surface area contributed by atoms with E-state index < -0.39 is 0 Å². The molecular weight excluding hydrogens is 230 g/mol. The van der Waals surface area contributed by atoms with Crippen molar-refractivity contribution in [3.05, 3.63) is 16.1 Å². The molecule has 0 amide bonds. The number of hydrogen-bond donors (Lipinski definition) is 1. The summed E-state index contributed by atoms with van der Waals surface area (Å²) in [6, 6.07) is 0.673. The second-order valence-corrected chi connectivity index (χ2v) is 5.69. The zero-order valence-corrected chi connectivity index (χ0v) is 12.3. The Kier molecular flexibility index (Phi) is 6.70. The van der Waals surface area contributed by atoms with E-state index in [0.717, 1.165) is 26.1 Å².